The van der Waals surface area contributed by atoms with Crippen molar-refractivity contribution < 1.29 is 14.3 Å². The van der Waals surface area contributed by atoms with Crippen molar-refractivity contribution in [2.24, 2.45) is 0 Å². The standard InChI is InChI=1S/C12H13N3O3/c1-7-4-5-9(18-7)10-13-6-8(12(16)17)11(14-10)15(2)3/h4-6H,1-3H3,(H,16,17). The number of carboxylic acid groups (broad SMARTS) is 1. The Hall–Kier alpha value is -2.37. The molecule has 0 radical (unpaired) electrons. The Bertz CT molecular complexity index is 590. The van der Waals surface area contributed by atoms with E-state index in [1.165, 1.54) is 6.20 Å². The van der Waals surface area contributed by atoms with E-state index in [1.54, 1.807) is 31.1 Å². The number of hydrogen-bond donors (Lipinski definition) is 1. The van der Waals surface area contributed by atoms with Gasteiger partial charge in [-0.3, -0.25) is 0 Å². The first-order valence-corrected chi connectivity index (χ1v) is 5.33. The summed E-state index contributed by atoms with van der Waals surface area (Å²) in [6.07, 6.45) is 1.29. The SMILES string of the molecule is Cc1ccc(-c2ncc(C(=O)O)c(N(C)C)n2)o1. The molecule has 2 rings (SSSR count). The lowest BCUT2D eigenvalue weighted by Gasteiger charge is -2.14. The quantitative estimate of drug-likeness (QED) is 0.891. The van der Waals surface area contributed by atoms with Gasteiger partial charge in [-0.15, -0.1) is 0 Å². The first-order chi connectivity index (χ1) is 8.49. The number of hydrogen-bond acceptors (Lipinski definition) is 5. The Labute approximate surface area is 104 Å². The molecule has 18 heavy (non-hydrogen) atoms. The molecule has 6 nitrogen and oxygen atoms in total. The average molecular weight is 247 g/mol. The summed E-state index contributed by atoms with van der Waals surface area (Å²) >= 11 is 0. The molecule has 0 aliphatic rings. The highest BCUT2D eigenvalue weighted by molar-refractivity contribution is 5.93. The third-order valence-electron chi connectivity index (χ3n) is 2.38. The molecular weight excluding hydrogens is 234 g/mol. The second-order valence-corrected chi connectivity index (χ2v) is 4.04. The molecule has 0 aliphatic carbocycles. The van der Waals surface area contributed by atoms with Gasteiger partial charge >= 0.3 is 5.97 Å². The van der Waals surface area contributed by atoms with Gasteiger partial charge in [0.15, 0.2) is 11.6 Å². The van der Waals surface area contributed by atoms with Crippen molar-refractivity contribution in [1.82, 2.24) is 9.97 Å². The van der Waals surface area contributed by atoms with Crippen molar-refractivity contribution in [2.45, 2.75) is 6.92 Å². The maximum absolute atomic E-state index is 11.0. The molecule has 0 saturated heterocycles. The molecule has 2 heterocycles. The van der Waals surface area contributed by atoms with Crippen molar-refractivity contribution in [2.75, 3.05) is 19.0 Å². The van der Waals surface area contributed by atoms with Crippen LogP contribution in [0, 0.1) is 6.92 Å². The number of carboxylic acids is 1. The Kier molecular flexibility index (Phi) is 3.01. The monoisotopic (exact) mass is 247 g/mol. The number of aryl methyl sites for hydroxylation is 1. The molecule has 6 heteroatoms. The molecule has 2 aromatic heterocycles. The molecule has 0 fully saturated rings. The third kappa shape index (κ3) is 2.17. The molecule has 2 aromatic rings. The van der Waals surface area contributed by atoms with E-state index in [0.29, 0.717) is 17.4 Å². The van der Waals surface area contributed by atoms with Crippen LogP contribution in [0.3, 0.4) is 0 Å². The summed E-state index contributed by atoms with van der Waals surface area (Å²) in [5.74, 6) is 0.939. The summed E-state index contributed by atoms with van der Waals surface area (Å²) in [6.45, 7) is 1.82. The van der Waals surface area contributed by atoms with Crippen LogP contribution in [0.5, 0.6) is 0 Å². The smallest absolute Gasteiger partial charge is 0.341 e. The molecule has 0 atom stereocenters. The molecule has 0 bridgehead atoms. The number of carbonyl (C=O) groups is 1. The fraction of sp³-hybridized carbons (Fsp3) is 0.250. The average Bonchev–Trinajstić information content (AvgIpc) is 2.75. The number of nitrogens with zero attached hydrogens (tertiary/aromatic N) is 3. The Morgan fingerprint density at radius 1 is 1.39 bits per heavy atom. The molecule has 0 amide bonds. The molecule has 94 valence electrons. The lowest BCUT2D eigenvalue weighted by atomic mass is 10.3. The number of aromatic nitrogens is 2. The van der Waals surface area contributed by atoms with Crippen molar-refractivity contribution in [3.8, 4) is 11.6 Å². The van der Waals surface area contributed by atoms with Gasteiger partial charge in [0.25, 0.3) is 0 Å². The summed E-state index contributed by atoms with van der Waals surface area (Å²) in [5, 5.41) is 9.05. The normalized spacial score (nSPS) is 10.4. The van der Waals surface area contributed by atoms with E-state index >= 15 is 0 Å². The molecule has 0 unspecified atom stereocenters. The van der Waals surface area contributed by atoms with E-state index in [0.717, 1.165) is 5.76 Å². The summed E-state index contributed by atoms with van der Waals surface area (Å²) in [7, 11) is 3.46. The topological polar surface area (TPSA) is 79.5 Å². The first kappa shape index (κ1) is 12.1. The zero-order valence-corrected chi connectivity index (χ0v) is 10.3. The lowest BCUT2D eigenvalue weighted by molar-refractivity contribution is 0.0696. The third-order valence-corrected chi connectivity index (χ3v) is 2.38. The Morgan fingerprint density at radius 3 is 2.61 bits per heavy atom. The van der Waals surface area contributed by atoms with Crippen molar-refractivity contribution >= 4 is 11.8 Å². The lowest BCUT2D eigenvalue weighted by Crippen LogP contribution is -2.16. The predicted molar refractivity (Wildman–Crippen MR) is 65.8 cm³/mol. The van der Waals surface area contributed by atoms with Crippen LogP contribution in [-0.2, 0) is 0 Å². The molecule has 0 aliphatic heterocycles. The summed E-state index contributed by atoms with van der Waals surface area (Å²) in [4.78, 5) is 20.9. The zero-order valence-electron chi connectivity index (χ0n) is 10.3. The highest BCUT2D eigenvalue weighted by atomic mass is 16.4. The molecule has 0 aromatic carbocycles. The molecular formula is C12H13N3O3. The molecule has 0 spiro atoms. The van der Waals surface area contributed by atoms with Crippen LogP contribution in [0.15, 0.2) is 22.7 Å². The van der Waals surface area contributed by atoms with Gasteiger partial charge in [0, 0.05) is 20.3 Å². The number of furan rings is 1. The van der Waals surface area contributed by atoms with Crippen LogP contribution in [-0.4, -0.2) is 35.1 Å². The maximum Gasteiger partial charge on any atom is 0.341 e. The Morgan fingerprint density at radius 2 is 2.11 bits per heavy atom. The van der Waals surface area contributed by atoms with E-state index in [1.807, 2.05) is 6.92 Å². The van der Waals surface area contributed by atoms with Crippen LogP contribution in [0.4, 0.5) is 5.82 Å². The fourth-order valence-corrected chi connectivity index (χ4v) is 1.54. The summed E-state index contributed by atoms with van der Waals surface area (Å²) in [6, 6.07) is 3.56. The van der Waals surface area contributed by atoms with Crippen LogP contribution >= 0.6 is 0 Å². The largest absolute Gasteiger partial charge is 0.477 e. The van der Waals surface area contributed by atoms with Gasteiger partial charge < -0.3 is 14.4 Å². The second-order valence-electron chi connectivity index (χ2n) is 4.04. The van der Waals surface area contributed by atoms with Crippen LogP contribution in [0.1, 0.15) is 16.1 Å². The van der Waals surface area contributed by atoms with E-state index in [4.69, 9.17) is 9.52 Å². The van der Waals surface area contributed by atoms with Crippen molar-refractivity contribution in [3.05, 3.63) is 29.7 Å². The minimum Gasteiger partial charge on any atom is -0.477 e. The van der Waals surface area contributed by atoms with E-state index < -0.39 is 5.97 Å². The van der Waals surface area contributed by atoms with Gasteiger partial charge in [-0.1, -0.05) is 0 Å². The van der Waals surface area contributed by atoms with E-state index in [-0.39, 0.29) is 5.56 Å². The van der Waals surface area contributed by atoms with Gasteiger partial charge in [0.05, 0.1) is 0 Å². The highest BCUT2D eigenvalue weighted by Gasteiger charge is 2.17. The van der Waals surface area contributed by atoms with Crippen molar-refractivity contribution in [3.63, 3.8) is 0 Å². The van der Waals surface area contributed by atoms with E-state index in [9.17, 15) is 4.79 Å². The highest BCUT2D eigenvalue weighted by Crippen LogP contribution is 2.22. The van der Waals surface area contributed by atoms with Gasteiger partial charge in [-0.2, -0.15) is 0 Å². The zero-order chi connectivity index (χ0) is 13.3. The predicted octanol–water partition coefficient (Wildman–Crippen LogP) is 1.81. The van der Waals surface area contributed by atoms with Gasteiger partial charge in [0.2, 0.25) is 0 Å². The number of rotatable bonds is 3. The van der Waals surface area contributed by atoms with Crippen molar-refractivity contribution in [1.29, 1.82) is 0 Å². The van der Waals surface area contributed by atoms with Crippen LogP contribution in [0.2, 0.25) is 0 Å². The fourth-order valence-electron chi connectivity index (χ4n) is 1.54. The second kappa shape index (κ2) is 4.48. The van der Waals surface area contributed by atoms with Gasteiger partial charge in [-0.05, 0) is 19.1 Å². The van der Waals surface area contributed by atoms with Gasteiger partial charge in [-0.25, -0.2) is 14.8 Å². The number of anilines is 1. The Balaban J connectivity index is 2.53. The molecule has 1 N–H and O–H groups in total. The van der Waals surface area contributed by atoms with Crippen LogP contribution in [0.25, 0.3) is 11.6 Å². The number of aromatic carboxylic acids is 1. The maximum atomic E-state index is 11.0. The summed E-state index contributed by atoms with van der Waals surface area (Å²) < 4.78 is 5.41. The van der Waals surface area contributed by atoms with Gasteiger partial charge in [0.1, 0.15) is 17.1 Å². The minimum absolute atomic E-state index is 0.0621. The van der Waals surface area contributed by atoms with Crippen LogP contribution < -0.4 is 4.90 Å². The first-order valence-electron chi connectivity index (χ1n) is 5.33. The summed E-state index contributed by atoms with van der Waals surface area (Å²) in [5.41, 5.74) is 0.0621. The van der Waals surface area contributed by atoms with E-state index in [2.05, 4.69) is 9.97 Å². The molecule has 0 saturated carbocycles. The minimum atomic E-state index is -1.05.